The molecule has 1 aromatic rings. The first-order valence-corrected chi connectivity index (χ1v) is 6.20. The fourth-order valence-electron chi connectivity index (χ4n) is 1.88. The second-order valence-corrected chi connectivity index (χ2v) is 5.65. The van der Waals surface area contributed by atoms with Gasteiger partial charge in [0.15, 0.2) is 9.84 Å². The van der Waals surface area contributed by atoms with Crippen molar-refractivity contribution in [1.82, 2.24) is 0 Å². The molecular formula is C10H12O3S. The molecule has 0 radical (unpaired) electrons. The molecule has 4 heteroatoms. The Hall–Kier alpha value is -0.870. The van der Waals surface area contributed by atoms with Crippen LogP contribution in [0.1, 0.15) is 24.2 Å². The highest BCUT2D eigenvalue weighted by atomic mass is 32.2. The van der Waals surface area contributed by atoms with Crippen LogP contribution in [0.3, 0.4) is 0 Å². The zero-order chi connectivity index (χ0) is 10.3. The van der Waals surface area contributed by atoms with Gasteiger partial charge >= 0.3 is 0 Å². The van der Waals surface area contributed by atoms with E-state index in [9.17, 15) is 13.5 Å². The molecule has 14 heavy (non-hydrogen) atoms. The van der Waals surface area contributed by atoms with Crippen LogP contribution in [0.5, 0.6) is 0 Å². The highest BCUT2D eigenvalue weighted by Crippen LogP contribution is 2.31. The topological polar surface area (TPSA) is 54.4 Å². The van der Waals surface area contributed by atoms with Crippen molar-refractivity contribution in [2.24, 2.45) is 0 Å². The molecule has 0 spiro atoms. The Bertz CT molecular complexity index is 460. The van der Waals surface area contributed by atoms with Gasteiger partial charge < -0.3 is 5.11 Å². The van der Waals surface area contributed by atoms with Crippen LogP contribution in [-0.4, -0.2) is 19.3 Å². The van der Waals surface area contributed by atoms with Gasteiger partial charge in [-0.05, 0) is 30.5 Å². The van der Waals surface area contributed by atoms with Crippen molar-refractivity contribution in [3.8, 4) is 0 Å². The third-order valence-corrected chi connectivity index (χ3v) is 4.37. The summed E-state index contributed by atoms with van der Waals surface area (Å²) in [6.45, 7) is 1.65. The van der Waals surface area contributed by atoms with Crippen molar-refractivity contribution in [2.45, 2.75) is 24.3 Å². The van der Waals surface area contributed by atoms with E-state index in [0.717, 1.165) is 11.1 Å². The number of aliphatic hydroxyl groups excluding tert-OH is 1. The number of rotatable bonds is 1. The normalized spacial score (nSPS) is 20.4. The number of fused-ring (bicyclic) bond motifs is 1. The molecule has 0 aliphatic carbocycles. The summed E-state index contributed by atoms with van der Waals surface area (Å²) in [5.41, 5.74) is 1.53. The highest BCUT2D eigenvalue weighted by molar-refractivity contribution is 7.91. The number of hydrogen-bond donors (Lipinski definition) is 1. The average Bonchev–Trinajstić information content (AvgIpc) is 2.42. The lowest BCUT2D eigenvalue weighted by molar-refractivity contribution is 0.198. The SMILES string of the molecule is CC(O)c1cccc2c1CCS2(=O)=O. The quantitative estimate of drug-likeness (QED) is 0.757. The molecule has 1 atom stereocenters. The van der Waals surface area contributed by atoms with Gasteiger partial charge in [0.1, 0.15) is 0 Å². The van der Waals surface area contributed by atoms with E-state index >= 15 is 0 Å². The zero-order valence-electron chi connectivity index (χ0n) is 7.90. The van der Waals surface area contributed by atoms with Gasteiger partial charge in [0, 0.05) is 0 Å². The maximum atomic E-state index is 11.5. The van der Waals surface area contributed by atoms with Crippen LogP contribution in [0.15, 0.2) is 23.1 Å². The molecule has 1 heterocycles. The summed E-state index contributed by atoms with van der Waals surface area (Å²) in [5, 5.41) is 9.46. The molecule has 0 fully saturated rings. The van der Waals surface area contributed by atoms with E-state index in [1.54, 1.807) is 25.1 Å². The highest BCUT2D eigenvalue weighted by Gasteiger charge is 2.28. The monoisotopic (exact) mass is 212 g/mol. The number of benzene rings is 1. The fourth-order valence-corrected chi connectivity index (χ4v) is 3.45. The standard InChI is InChI=1S/C10H12O3S/c1-7(11)8-3-2-4-10-9(8)5-6-14(10,12)13/h2-4,7,11H,5-6H2,1H3. The zero-order valence-corrected chi connectivity index (χ0v) is 8.71. The fraction of sp³-hybridized carbons (Fsp3) is 0.400. The van der Waals surface area contributed by atoms with Crippen LogP contribution in [0.2, 0.25) is 0 Å². The van der Waals surface area contributed by atoms with Gasteiger partial charge in [-0.3, -0.25) is 0 Å². The molecule has 0 saturated carbocycles. The van der Waals surface area contributed by atoms with Gasteiger partial charge in [-0.1, -0.05) is 12.1 Å². The number of sulfone groups is 1. The second kappa shape index (κ2) is 3.07. The van der Waals surface area contributed by atoms with E-state index in [0.29, 0.717) is 11.3 Å². The van der Waals surface area contributed by atoms with E-state index in [-0.39, 0.29) is 5.75 Å². The first-order valence-electron chi connectivity index (χ1n) is 4.55. The van der Waals surface area contributed by atoms with Crippen LogP contribution in [0.4, 0.5) is 0 Å². The third kappa shape index (κ3) is 1.35. The van der Waals surface area contributed by atoms with Crippen LogP contribution < -0.4 is 0 Å². The molecule has 2 rings (SSSR count). The smallest absolute Gasteiger partial charge is 0.178 e. The Kier molecular flexibility index (Phi) is 2.12. The molecule has 1 unspecified atom stereocenters. The second-order valence-electron chi connectivity index (χ2n) is 3.57. The van der Waals surface area contributed by atoms with E-state index in [2.05, 4.69) is 0 Å². The molecule has 1 aromatic carbocycles. The minimum atomic E-state index is -3.07. The van der Waals surface area contributed by atoms with E-state index in [1.165, 1.54) is 0 Å². The molecule has 0 aromatic heterocycles. The van der Waals surface area contributed by atoms with Crippen molar-refractivity contribution in [1.29, 1.82) is 0 Å². The molecule has 76 valence electrons. The third-order valence-electron chi connectivity index (χ3n) is 2.58. The van der Waals surface area contributed by atoms with E-state index < -0.39 is 15.9 Å². The minimum Gasteiger partial charge on any atom is -0.389 e. The summed E-state index contributed by atoms with van der Waals surface area (Å²) in [4.78, 5) is 0.399. The Morgan fingerprint density at radius 2 is 2.14 bits per heavy atom. The van der Waals surface area contributed by atoms with Gasteiger partial charge in [-0.25, -0.2) is 8.42 Å². The lowest BCUT2D eigenvalue weighted by Crippen LogP contribution is -1.99. The Morgan fingerprint density at radius 3 is 2.79 bits per heavy atom. The molecule has 0 saturated heterocycles. The van der Waals surface area contributed by atoms with E-state index in [1.807, 2.05) is 0 Å². The lowest BCUT2D eigenvalue weighted by atomic mass is 10.0. The molecule has 0 amide bonds. The largest absolute Gasteiger partial charge is 0.389 e. The summed E-state index contributed by atoms with van der Waals surface area (Å²) < 4.78 is 23.1. The predicted molar refractivity (Wildman–Crippen MR) is 52.8 cm³/mol. The summed E-state index contributed by atoms with van der Waals surface area (Å²) in [6.07, 6.45) is -0.0723. The summed E-state index contributed by atoms with van der Waals surface area (Å²) >= 11 is 0. The predicted octanol–water partition coefficient (Wildman–Crippen LogP) is 1.07. The lowest BCUT2D eigenvalue weighted by Gasteiger charge is -2.09. The first kappa shape index (κ1) is 9.68. The molecule has 1 aliphatic rings. The molecule has 0 bridgehead atoms. The molecular weight excluding hydrogens is 200 g/mol. The molecule has 1 N–H and O–H groups in total. The van der Waals surface area contributed by atoms with Gasteiger partial charge in [0.25, 0.3) is 0 Å². The molecule has 1 aliphatic heterocycles. The Morgan fingerprint density at radius 1 is 1.43 bits per heavy atom. The van der Waals surface area contributed by atoms with Gasteiger partial charge in [0.05, 0.1) is 16.8 Å². The average molecular weight is 212 g/mol. The van der Waals surface area contributed by atoms with E-state index in [4.69, 9.17) is 0 Å². The number of aliphatic hydroxyl groups is 1. The maximum Gasteiger partial charge on any atom is 0.178 e. The van der Waals surface area contributed by atoms with Crippen molar-refractivity contribution >= 4 is 9.84 Å². The van der Waals surface area contributed by atoms with Gasteiger partial charge in [0.2, 0.25) is 0 Å². The summed E-state index contributed by atoms with van der Waals surface area (Å²) in [7, 11) is -3.07. The Balaban J connectivity index is 2.68. The van der Waals surface area contributed by atoms with Crippen molar-refractivity contribution < 1.29 is 13.5 Å². The Labute approximate surface area is 83.3 Å². The number of hydrogen-bond acceptors (Lipinski definition) is 3. The maximum absolute atomic E-state index is 11.5. The van der Waals surface area contributed by atoms with Gasteiger partial charge in [-0.15, -0.1) is 0 Å². The summed E-state index contributed by atoms with van der Waals surface area (Å²) in [6, 6.07) is 5.08. The first-order chi connectivity index (χ1) is 6.52. The molecule has 3 nitrogen and oxygen atoms in total. The van der Waals surface area contributed by atoms with Crippen LogP contribution >= 0.6 is 0 Å². The van der Waals surface area contributed by atoms with Gasteiger partial charge in [-0.2, -0.15) is 0 Å². The minimum absolute atomic E-state index is 0.173. The van der Waals surface area contributed by atoms with Crippen molar-refractivity contribution in [2.75, 3.05) is 5.75 Å². The van der Waals surface area contributed by atoms with Crippen LogP contribution in [-0.2, 0) is 16.3 Å². The van der Waals surface area contributed by atoms with Crippen molar-refractivity contribution in [3.05, 3.63) is 29.3 Å². The van der Waals surface area contributed by atoms with Crippen LogP contribution in [0.25, 0.3) is 0 Å². The van der Waals surface area contributed by atoms with Crippen molar-refractivity contribution in [3.63, 3.8) is 0 Å². The van der Waals surface area contributed by atoms with Crippen LogP contribution in [0, 0.1) is 0 Å². The summed E-state index contributed by atoms with van der Waals surface area (Å²) in [5.74, 6) is 0.173.